The molecule has 0 aliphatic carbocycles. The predicted molar refractivity (Wildman–Crippen MR) is 92.2 cm³/mol. The van der Waals surface area contributed by atoms with Gasteiger partial charge in [0.15, 0.2) is 11.5 Å². The Hall–Kier alpha value is -2.08. The zero-order valence-corrected chi connectivity index (χ0v) is 14.4. The van der Waals surface area contributed by atoms with Crippen molar-refractivity contribution in [2.24, 2.45) is 5.92 Å². The van der Waals surface area contributed by atoms with E-state index in [4.69, 9.17) is 9.52 Å². The molecule has 24 heavy (non-hydrogen) atoms. The number of piperidine rings is 1. The molecule has 1 aromatic heterocycles. The van der Waals surface area contributed by atoms with Crippen LogP contribution in [-0.4, -0.2) is 42.1 Å². The third-order valence-corrected chi connectivity index (χ3v) is 4.22. The molecule has 6 nitrogen and oxygen atoms in total. The van der Waals surface area contributed by atoms with Gasteiger partial charge in [-0.15, -0.1) is 0 Å². The first kappa shape index (κ1) is 18.3. The molecule has 132 valence electrons. The van der Waals surface area contributed by atoms with Crippen LogP contribution in [0.2, 0.25) is 0 Å². The Balaban J connectivity index is 1.84. The summed E-state index contributed by atoms with van der Waals surface area (Å²) in [6.07, 6.45) is 6.39. The fourth-order valence-electron chi connectivity index (χ4n) is 3.07. The van der Waals surface area contributed by atoms with Gasteiger partial charge in [0.2, 0.25) is 5.43 Å². The molecule has 6 heteroatoms. The molecule has 1 saturated heterocycles. The second-order valence-electron chi connectivity index (χ2n) is 6.41. The first-order chi connectivity index (χ1) is 11.5. The van der Waals surface area contributed by atoms with Crippen LogP contribution < -0.4 is 10.7 Å². The molecule has 1 fully saturated rings. The van der Waals surface area contributed by atoms with Crippen LogP contribution in [0.15, 0.2) is 33.2 Å². The van der Waals surface area contributed by atoms with E-state index in [0.29, 0.717) is 12.5 Å². The summed E-state index contributed by atoms with van der Waals surface area (Å²) in [5.41, 5.74) is 0.765. The highest BCUT2D eigenvalue weighted by molar-refractivity contribution is 5.91. The van der Waals surface area contributed by atoms with Gasteiger partial charge >= 0.3 is 0 Å². The molecule has 0 radical (unpaired) electrons. The molecule has 2 heterocycles. The van der Waals surface area contributed by atoms with E-state index < -0.39 is 17.1 Å². The van der Waals surface area contributed by atoms with E-state index in [1.807, 2.05) is 0 Å². The van der Waals surface area contributed by atoms with Crippen molar-refractivity contribution in [3.63, 3.8) is 0 Å². The van der Waals surface area contributed by atoms with E-state index in [-0.39, 0.29) is 5.76 Å². The fraction of sp³-hybridized carbons (Fsp3) is 0.556. The number of nitrogens with one attached hydrogen (secondary N) is 1. The summed E-state index contributed by atoms with van der Waals surface area (Å²) < 4.78 is 4.96. The minimum absolute atomic E-state index is 0.0767. The van der Waals surface area contributed by atoms with E-state index in [0.717, 1.165) is 51.2 Å². The van der Waals surface area contributed by atoms with Crippen LogP contribution in [0.25, 0.3) is 0 Å². The highest BCUT2D eigenvalue weighted by atomic mass is 16.4. The summed E-state index contributed by atoms with van der Waals surface area (Å²) in [4.78, 5) is 25.8. The van der Waals surface area contributed by atoms with Crippen molar-refractivity contribution in [2.75, 3.05) is 26.2 Å². The Bertz CT molecular complexity index is 651. The van der Waals surface area contributed by atoms with Crippen molar-refractivity contribution in [3.05, 3.63) is 40.0 Å². The minimum Gasteiger partial charge on any atom is -0.502 e. The number of hydrogen-bond donors (Lipinski definition) is 2. The molecule has 0 bridgehead atoms. The Kier molecular flexibility index (Phi) is 6.61. The Morgan fingerprint density at radius 1 is 1.54 bits per heavy atom. The van der Waals surface area contributed by atoms with Crippen LogP contribution in [0.3, 0.4) is 0 Å². The van der Waals surface area contributed by atoms with Crippen LogP contribution in [-0.2, 0) is 0 Å². The molecule has 2 N–H and O–H groups in total. The molecule has 2 rings (SSSR count). The van der Waals surface area contributed by atoms with E-state index in [2.05, 4.69) is 30.1 Å². The minimum atomic E-state index is -0.617. The van der Waals surface area contributed by atoms with Crippen molar-refractivity contribution in [2.45, 2.75) is 33.1 Å². The number of aromatic hydroxyl groups is 1. The molecule has 1 aliphatic heterocycles. The van der Waals surface area contributed by atoms with Gasteiger partial charge in [0.1, 0.15) is 6.26 Å². The van der Waals surface area contributed by atoms with Gasteiger partial charge in [-0.2, -0.15) is 0 Å². The van der Waals surface area contributed by atoms with Crippen LogP contribution >= 0.6 is 0 Å². The number of amides is 1. The molecule has 1 amide bonds. The SMILES string of the molecule is CCC=C(C)CN1CCCC(CNC(=O)c2cc(=O)c(O)co2)C1. The smallest absolute Gasteiger partial charge is 0.287 e. The van der Waals surface area contributed by atoms with Crippen molar-refractivity contribution >= 4 is 5.91 Å². The highest BCUT2D eigenvalue weighted by Gasteiger charge is 2.21. The summed E-state index contributed by atoms with van der Waals surface area (Å²) in [6.45, 7) is 7.86. The van der Waals surface area contributed by atoms with Gasteiger partial charge in [-0.1, -0.05) is 18.6 Å². The van der Waals surface area contributed by atoms with Crippen molar-refractivity contribution in [1.29, 1.82) is 0 Å². The van der Waals surface area contributed by atoms with Gasteiger partial charge in [-0.25, -0.2) is 0 Å². The molecule has 0 aromatic carbocycles. The molecular formula is C18H26N2O4. The largest absolute Gasteiger partial charge is 0.502 e. The maximum absolute atomic E-state index is 12.0. The predicted octanol–water partition coefficient (Wildman–Crippen LogP) is 2.14. The topological polar surface area (TPSA) is 82.8 Å². The zero-order valence-electron chi connectivity index (χ0n) is 14.4. The molecule has 1 aliphatic rings. The maximum atomic E-state index is 12.0. The monoisotopic (exact) mass is 334 g/mol. The summed E-state index contributed by atoms with van der Waals surface area (Å²) in [5.74, 6) is -0.607. The maximum Gasteiger partial charge on any atom is 0.287 e. The summed E-state index contributed by atoms with van der Waals surface area (Å²) >= 11 is 0. The van der Waals surface area contributed by atoms with Crippen molar-refractivity contribution in [1.82, 2.24) is 10.2 Å². The standard InChI is InChI=1S/C18H26N2O4/c1-3-5-13(2)10-20-7-4-6-14(11-20)9-19-18(23)17-8-15(21)16(22)12-24-17/h5,8,12,14,22H,3-4,6-7,9-11H2,1-2H3,(H,19,23). The Morgan fingerprint density at radius 2 is 2.33 bits per heavy atom. The number of allylic oxidation sites excluding steroid dienone is 1. The van der Waals surface area contributed by atoms with Gasteiger partial charge in [0, 0.05) is 25.7 Å². The molecule has 0 saturated carbocycles. The lowest BCUT2D eigenvalue weighted by Crippen LogP contribution is -2.41. The molecular weight excluding hydrogens is 308 g/mol. The number of nitrogens with zero attached hydrogens (tertiary/aromatic N) is 1. The Labute approximate surface area is 142 Å². The number of likely N-dealkylation sites (tertiary alicyclic amines) is 1. The lowest BCUT2D eigenvalue weighted by molar-refractivity contribution is 0.0903. The van der Waals surface area contributed by atoms with Crippen LogP contribution in [0.1, 0.15) is 43.7 Å². The third-order valence-electron chi connectivity index (χ3n) is 4.22. The first-order valence-corrected chi connectivity index (χ1v) is 8.47. The number of carbonyl (C=O) groups is 1. The number of rotatable bonds is 6. The van der Waals surface area contributed by atoms with Crippen LogP contribution in [0, 0.1) is 5.92 Å². The lowest BCUT2D eigenvalue weighted by Gasteiger charge is -2.33. The normalized spacial score (nSPS) is 19.2. The quantitative estimate of drug-likeness (QED) is 0.779. The number of carbonyl (C=O) groups excluding carboxylic acids is 1. The first-order valence-electron chi connectivity index (χ1n) is 8.47. The van der Waals surface area contributed by atoms with Crippen molar-refractivity contribution in [3.8, 4) is 5.75 Å². The highest BCUT2D eigenvalue weighted by Crippen LogP contribution is 2.17. The van der Waals surface area contributed by atoms with E-state index in [1.165, 1.54) is 5.57 Å². The van der Waals surface area contributed by atoms with Gasteiger partial charge in [-0.3, -0.25) is 14.5 Å². The van der Waals surface area contributed by atoms with E-state index in [1.54, 1.807) is 0 Å². The Morgan fingerprint density at radius 3 is 3.04 bits per heavy atom. The summed E-state index contributed by atoms with van der Waals surface area (Å²) in [7, 11) is 0. The van der Waals surface area contributed by atoms with E-state index in [9.17, 15) is 9.59 Å². The summed E-state index contributed by atoms with van der Waals surface area (Å²) in [6, 6.07) is 1.01. The molecule has 1 atom stereocenters. The van der Waals surface area contributed by atoms with Gasteiger partial charge in [0.05, 0.1) is 0 Å². The summed E-state index contributed by atoms with van der Waals surface area (Å²) in [5, 5.41) is 12.0. The van der Waals surface area contributed by atoms with E-state index >= 15 is 0 Å². The third kappa shape index (κ3) is 5.23. The number of hydrogen-bond acceptors (Lipinski definition) is 5. The van der Waals surface area contributed by atoms with Gasteiger partial charge in [-0.05, 0) is 38.6 Å². The van der Waals surface area contributed by atoms with Crippen LogP contribution in [0.5, 0.6) is 5.75 Å². The second-order valence-corrected chi connectivity index (χ2v) is 6.41. The fourth-order valence-corrected chi connectivity index (χ4v) is 3.07. The average molecular weight is 334 g/mol. The van der Waals surface area contributed by atoms with Gasteiger partial charge in [0.25, 0.3) is 5.91 Å². The van der Waals surface area contributed by atoms with Crippen molar-refractivity contribution < 1.29 is 14.3 Å². The second kappa shape index (κ2) is 8.68. The lowest BCUT2D eigenvalue weighted by atomic mass is 9.97. The molecule has 1 unspecified atom stereocenters. The van der Waals surface area contributed by atoms with Crippen LogP contribution in [0.4, 0.5) is 0 Å². The molecule has 1 aromatic rings. The van der Waals surface area contributed by atoms with Gasteiger partial charge < -0.3 is 14.8 Å². The zero-order chi connectivity index (χ0) is 17.5. The molecule has 0 spiro atoms. The average Bonchev–Trinajstić information content (AvgIpc) is 2.55.